The Kier molecular flexibility index (Phi) is 6.11. The van der Waals surface area contributed by atoms with Crippen molar-refractivity contribution >= 4 is 17.8 Å². The number of urea groups is 1. The molecule has 0 spiro atoms. The maximum atomic E-state index is 13.7. The van der Waals surface area contributed by atoms with Crippen LogP contribution in [-0.4, -0.2) is 37.7 Å². The van der Waals surface area contributed by atoms with Crippen molar-refractivity contribution in [2.45, 2.75) is 23.5 Å². The summed E-state index contributed by atoms with van der Waals surface area (Å²) in [5.74, 6) is 0.355. The lowest BCUT2D eigenvalue weighted by atomic mass is 10.0. The Labute approximate surface area is 135 Å². The molecule has 0 aliphatic carbocycles. The van der Waals surface area contributed by atoms with Crippen molar-refractivity contribution in [3.63, 3.8) is 0 Å². The Bertz CT molecular complexity index is 554. The molecule has 0 aromatic heterocycles. The van der Waals surface area contributed by atoms with E-state index in [0.717, 1.165) is 0 Å². The number of amides is 2. The van der Waals surface area contributed by atoms with Crippen LogP contribution in [0, 0.1) is 5.82 Å². The van der Waals surface area contributed by atoms with Crippen LogP contribution in [0.25, 0.3) is 0 Å². The molecule has 2 rings (SSSR count). The van der Waals surface area contributed by atoms with E-state index in [-0.39, 0.29) is 25.0 Å². The zero-order chi connectivity index (χ0) is 16.9. The summed E-state index contributed by atoms with van der Waals surface area (Å²) < 4.78 is 53.7. The highest BCUT2D eigenvalue weighted by Crippen LogP contribution is 2.37. The van der Waals surface area contributed by atoms with Gasteiger partial charge in [-0.05, 0) is 18.1 Å². The molecule has 2 amide bonds. The summed E-state index contributed by atoms with van der Waals surface area (Å²) in [6.45, 7) is -1.62. The molecule has 0 saturated carbocycles. The van der Waals surface area contributed by atoms with Crippen LogP contribution < -0.4 is 10.6 Å². The topological polar surface area (TPSA) is 50.4 Å². The molecule has 1 unspecified atom stereocenters. The van der Waals surface area contributed by atoms with E-state index >= 15 is 0 Å². The first-order chi connectivity index (χ1) is 10.9. The number of thioether (sulfide) groups is 1. The van der Waals surface area contributed by atoms with Gasteiger partial charge in [0.2, 0.25) is 0 Å². The Balaban J connectivity index is 1.78. The summed E-state index contributed by atoms with van der Waals surface area (Å²) in [5, 5.41) is 5.12. The second-order valence-corrected chi connectivity index (χ2v) is 6.02. The number of hydrogen-bond acceptors (Lipinski definition) is 3. The second-order valence-electron chi connectivity index (χ2n) is 4.92. The highest BCUT2D eigenvalue weighted by Gasteiger charge is 2.27. The van der Waals surface area contributed by atoms with Crippen molar-refractivity contribution in [1.82, 2.24) is 10.6 Å². The first-order valence-electron chi connectivity index (χ1n) is 6.97. The van der Waals surface area contributed by atoms with Gasteiger partial charge in [-0.2, -0.15) is 13.2 Å². The van der Waals surface area contributed by atoms with Crippen molar-refractivity contribution in [2.75, 3.05) is 25.5 Å². The summed E-state index contributed by atoms with van der Waals surface area (Å²) in [5.41, 5.74) is 0.713. The van der Waals surface area contributed by atoms with Crippen LogP contribution in [-0.2, 0) is 4.74 Å². The summed E-state index contributed by atoms with van der Waals surface area (Å²) in [6, 6.07) is 3.86. The number of halogens is 4. The molecule has 1 heterocycles. The van der Waals surface area contributed by atoms with Gasteiger partial charge in [0.25, 0.3) is 0 Å². The molecule has 23 heavy (non-hydrogen) atoms. The van der Waals surface area contributed by atoms with Gasteiger partial charge < -0.3 is 15.4 Å². The maximum absolute atomic E-state index is 13.7. The van der Waals surface area contributed by atoms with E-state index in [1.807, 2.05) is 0 Å². The lowest BCUT2D eigenvalue weighted by Gasteiger charge is -2.26. The van der Waals surface area contributed by atoms with Crippen LogP contribution in [0.4, 0.5) is 22.4 Å². The number of alkyl halides is 3. The normalized spacial score (nSPS) is 17.5. The van der Waals surface area contributed by atoms with Crippen LogP contribution in [0.3, 0.4) is 0 Å². The zero-order valence-electron chi connectivity index (χ0n) is 12.1. The number of rotatable bonds is 5. The lowest BCUT2D eigenvalue weighted by molar-refractivity contribution is -0.173. The van der Waals surface area contributed by atoms with Crippen molar-refractivity contribution in [1.29, 1.82) is 0 Å². The molecule has 0 fully saturated rings. The van der Waals surface area contributed by atoms with Gasteiger partial charge in [-0.15, -0.1) is 11.8 Å². The molecule has 128 valence electrons. The number of benzene rings is 1. The van der Waals surface area contributed by atoms with Crippen molar-refractivity contribution in [3.8, 4) is 0 Å². The van der Waals surface area contributed by atoms with E-state index in [2.05, 4.69) is 15.4 Å². The van der Waals surface area contributed by atoms with Gasteiger partial charge in [-0.25, -0.2) is 9.18 Å². The molecule has 0 saturated heterocycles. The Morgan fingerprint density at radius 1 is 1.39 bits per heavy atom. The first-order valence-corrected chi connectivity index (χ1v) is 7.95. The van der Waals surface area contributed by atoms with E-state index in [1.54, 1.807) is 12.1 Å². The SMILES string of the molecule is O=C(NCCOCC(F)(F)F)NC1CCSc2c(F)cccc21. The minimum Gasteiger partial charge on any atom is -0.370 e. The molecule has 0 bridgehead atoms. The number of nitrogens with one attached hydrogen (secondary N) is 2. The summed E-state index contributed by atoms with van der Waals surface area (Å²) >= 11 is 1.40. The van der Waals surface area contributed by atoms with Gasteiger partial charge >= 0.3 is 12.2 Å². The Morgan fingerprint density at radius 3 is 2.91 bits per heavy atom. The Hall–Kier alpha value is -1.48. The zero-order valence-corrected chi connectivity index (χ0v) is 12.9. The third-order valence-electron chi connectivity index (χ3n) is 3.13. The van der Waals surface area contributed by atoms with Gasteiger partial charge in [0.05, 0.1) is 12.6 Å². The Morgan fingerprint density at radius 2 is 2.17 bits per heavy atom. The third kappa shape index (κ3) is 5.58. The fourth-order valence-corrected chi connectivity index (χ4v) is 3.31. The van der Waals surface area contributed by atoms with E-state index in [1.165, 1.54) is 17.8 Å². The average molecular weight is 352 g/mol. The molecule has 0 radical (unpaired) electrons. The molecule has 4 nitrogen and oxygen atoms in total. The van der Waals surface area contributed by atoms with Crippen molar-refractivity contribution < 1.29 is 27.1 Å². The standard InChI is InChI=1S/C14H16F4N2O2S/c15-10-3-1-2-9-11(4-7-23-12(9)10)20-13(21)19-5-6-22-8-14(16,17)18/h1-3,11H,4-8H2,(H2,19,20,21). The van der Waals surface area contributed by atoms with Crippen LogP contribution in [0.2, 0.25) is 0 Å². The number of hydrogen-bond donors (Lipinski definition) is 2. The molecule has 1 aromatic carbocycles. The lowest BCUT2D eigenvalue weighted by Crippen LogP contribution is -2.40. The van der Waals surface area contributed by atoms with Gasteiger partial charge in [-0.1, -0.05) is 12.1 Å². The molecule has 1 aliphatic rings. The monoisotopic (exact) mass is 352 g/mol. The number of carbonyl (C=O) groups excluding carboxylic acids is 1. The van der Waals surface area contributed by atoms with Crippen molar-refractivity contribution in [3.05, 3.63) is 29.6 Å². The smallest absolute Gasteiger partial charge is 0.370 e. The molecule has 9 heteroatoms. The fourth-order valence-electron chi connectivity index (χ4n) is 2.17. The predicted molar refractivity (Wildman–Crippen MR) is 77.9 cm³/mol. The summed E-state index contributed by atoms with van der Waals surface area (Å²) in [4.78, 5) is 12.3. The van der Waals surface area contributed by atoms with E-state index in [9.17, 15) is 22.4 Å². The highest BCUT2D eigenvalue weighted by molar-refractivity contribution is 7.99. The maximum Gasteiger partial charge on any atom is 0.411 e. The number of fused-ring (bicyclic) bond motifs is 1. The van der Waals surface area contributed by atoms with Crippen LogP contribution in [0.1, 0.15) is 18.0 Å². The predicted octanol–water partition coefficient (Wildman–Crippen LogP) is 3.24. The van der Waals surface area contributed by atoms with Crippen LogP contribution >= 0.6 is 11.8 Å². The van der Waals surface area contributed by atoms with Gasteiger partial charge in [0, 0.05) is 17.2 Å². The summed E-state index contributed by atoms with van der Waals surface area (Å²) in [6.07, 6.45) is -3.73. The average Bonchev–Trinajstić information content (AvgIpc) is 2.47. The molecule has 1 aromatic rings. The van der Waals surface area contributed by atoms with E-state index in [0.29, 0.717) is 22.6 Å². The number of carbonyl (C=O) groups is 1. The van der Waals surface area contributed by atoms with E-state index < -0.39 is 18.8 Å². The van der Waals surface area contributed by atoms with Crippen LogP contribution in [0.5, 0.6) is 0 Å². The largest absolute Gasteiger partial charge is 0.411 e. The molecule has 2 N–H and O–H groups in total. The minimum absolute atomic E-state index is 0.0423. The molecule has 1 aliphatic heterocycles. The first kappa shape index (κ1) is 17.9. The highest BCUT2D eigenvalue weighted by atomic mass is 32.2. The summed E-state index contributed by atoms with van der Waals surface area (Å²) in [7, 11) is 0. The quantitative estimate of drug-likeness (QED) is 0.632. The number of ether oxygens (including phenoxy) is 1. The van der Waals surface area contributed by atoms with Crippen molar-refractivity contribution in [2.24, 2.45) is 0 Å². The third-order valence-corrected chi connectivity index (χ3v) is 4.29. The van der Waals surface area contributed by atoms with Gasteiger partial charge in [0.15, 0.2) is 0 Å². The van der Waals surface area contributed by atoms with Gasteiger partial charge in [-0.3, -0.25) is 0 Å². The van der Waals surface area contributed by atoms with Crippen LogP contribution in [0.15, 0.2) is 23.1 Å². The molecular weight excluding hydrogens is 336 g/mol. The minimum atomic E-state index is -4.38. The molecule has 1 atom stereocenters. The van der Waals surface area contributed by atoms with E-state index in [4.69, 9.17) is 0 Å². The molecular formula is C14H16F4N2O2S. The fraction of sp³-hybridized carbons (Fsp3) is 0.500. The second kappa shape index (κ2) is 7.87. The van der Waals surface area contributed by atoms with Gasteiger partial charge in [0.1, 0.15) is 12.4 Å².